The first kappa shape index (κ1) is 18.0. The van der Waals surface area contributed by atoms with Gasteiger partial charge in [0.1, 0.15) is 11.6 Å². The fourth-order valence-corrected chi connectivity index (χ4v) is 4.37. The largest absolute Gasteiger partial charge is 0.497 e. The van der Waals surface area contributed by atoms with Crippen LogP contribution in [0.25, 0.3) is 22.2 Å². The second-order valence-corrected chi connectivity index (χ2v) is 7.71. The van der Waals surface area contributed by atoms with Crippen molar-refractivity contribution in [1.29, 1.82) is 0 Å². The number of ether oxygens (including phenoxy) is 1. The first-order valence-electron chi connectivity index (χ1n) is 10.1. The number of nitrogens with zero attached hydrogens (tertiary/aromatic N) is 3. The molecule has 0 N–H and O–H groups in total. The highest BCUT2D eigenvalue weighted by atomic mass is 16.5. The van der Waals surface area contributed by atoms with Gasteiger partial charge in [-0.25, -0.2) is 4.98 Å². The molecule has 4 heteroatoms. The van der Waals surface area contributed by atoms with Crippen LogP contribution >= 0.6 is 0 Å². The third kappa shape index (κ3) is 3.30. The van der Waals surface area contributed by atoms with Crippen molar-refractivity contribution in [2.75, 3.05) is 13.7 Å². The number of imidazole rings is 1. The predicted octanol–water partition coefficient (Wildman–Crippen LogP) is 4.81. The van der Waals surface area contributed by atoms with Gasteiger partial charge in [-0.1, -0.05) is 42.5 Å². The third-order valence-electron chi connectivity index (χ3n) is 5.98. The van der Waals surface area contributed by atoms with E-state index in [9.17, 15) is 0 Å². The fraction of sp³-hybridized carbons (Fsp3) is 0.240. The molecular weight excluding hydrogens is 358 g/mol. The lowest BCUT2D eigenvalue weighted by molar-refractivity contribution is 0.285. The fourth-order valence-electron chi connectivity index (χ4n) is 4.37. The zero-order valence-electron chi connectivity index (χ0n) is 16.9. The Morgan fingerprint density at radius 3 is 2.55 bits per heavy atom. The summed E-state index contributed by atoms with van der Waals surface area (Å²) in [7, 11) is 3.82. The molecule has 1 aliphatic rings. The monoisotopic (exact) mass is 383 g/mol. The van der Waals surface area contributed by atoms with Crippen LogP contribution in [0.4, 0.5) is 0 Å². The molecule has 146 valence electrons. The molecular formula is C25H25N3O. The first-order chi connectivity index (χ1) is 14.2. The van der Waals surface area contributed by atoms with Crippen LogP contribution in [0.2, 0.25) is 0 Å². The second-order valence-electron chi connectivity index (χ2n) is 7.71. The molecule has 0 saturated heterocycles. The van der Waals surface area contributed by atoms with E-state index in [0.29, 0.717) is 0 Å². The molecule has 0 fully saturated rings. The average Bonchev–Trinajstić information content (AvgIpc) is 3.33. The summed E-state index contributed by atoms with van der Waals surface area (Å²) in [4.78, 5) is 7.35. The molecule has 0 unspecified atom stereocenters. The number of rotatable bonds is 5. The summed E-state index contributed by atoms with van der Waals surface area (Å²) >= 11 is 0. The number of hydrogen-bond acceptors (Lipinski definition) is 3. The zero-order valence-corrected chi connectivity index (χ0v) is 16.9. The van der Waals surface area contributed by atoms with E-state index < -0.39 is 0 Å². The number of benzene rings is 3. The number of hydrogen-bond donors (Lipinski definition) is 0. The summed E-state index contributed by atoms with van der Waals surface area (Å²) < 4.78 is 7.53. The molecule has 4 aromatic rings. The van der Waals surface area contributed by atoms with Gasteiger partial charge in [-0.3, -0.25) is 4.90 Å². The van der Waals surface area contributed by atoms with Crippen molar-refractivity contribution < 1.29 is 4.74 Å². The van der Waals surface area contributed by atoms with Gasteiger partial charge in [0.05, 0.1) is 18.1 Å². The Labute approximate surface area is 171 Å². The maximum Gasteiger partial charge on any atom is 0.118 e. The lowest BCUT2D eigenvalue weighted by Gasteiger charge is -2.15. The first-order valence-corrected chi connectivity index (χ1v) is 10.1. The minimum Gasteiger partial charge on any atom is -0.497 e. The number of methoxy groups -OCH3 is 1. The minimum atomic E-state index is 0.894. The molecule has 0 aliphatic carbocycles. The minimum absolute atomic E-state index is 0.894. The Morgan fingerprint density at radius 1 is 0.931 bits per heavy atom. The Bertz CT molecular complexity index is 1160. The smallest absolute Gasteiger partial charge is 0.118 e. The molecule has 2 heterocycles. The van der Waals surface area contributed by atoms with E-state index in [1.807, 2.05) is 12.1 Å². The molecule has 0 amide bonds. The Balaban J connectivity index is 1.34. The molecule has 0 bridgehead atoms. The zero-order chi connectivity index (χ0) is 19.8. The molecule has 0 spiro atoms. The number of fused-ring (bicyclic) bond motifs is 2. The van der Waals surface area contributed by atoms with Crippen molar-refractivity contribution in [1.82, 2.24) is 14.5 Å². The van der Waals surface area contributed by atoms with Gasteiger partial charge in [-0.05, 0) is 46.5 Å². The number of aryl methyl sites for hydroxylation is 1. The lowest BCUT2D eigenvalue weighted by atomic mass is 9.97. The van der Waals surface area contributed by atoms with E-state index in [4.69, 9.17) is 9.72 Å². The van der Waals surface area contributed by atoms with Gasteiger partial charge in [0, 0.05) is 33.1 Å². The van der Waals surface area contributed by atoms with Gasteiger partial charge in [0.2, 0.25) is 0 Å². The van der Waals surface area contributed by atoms with Gasteiger partial charge in [0.25, 0.3) is 0 Å². The topological polar surface area (TPSA) is 30.3 Å². The van der Waals surface area contributed by atoms with Crippen molar-refractivity contribution in [3.63, 3.8) is 0 Å². The summed E-state index contributed by atoms with van der Waals surface area (Å²) in [6.45, 7) is 3.00. The normalized spacial score (nSPS) is 13.7. The van der Waals surface area contributed by atoms with Crippen LogP contribution in [0, 0.1) is 0 Å². The van der Waals surface area contributed by atoms with E-state index in [2.05, 4.69) is 71.1 Å². The Kier molecular flexibility index (Phi) is 4.57. The highest BCUT2D eigenvalue weighted by Crippen LogP contribution is 2.33. The molecule has 4 nitrogen and oxygen atoms in total. The Hall–Kier alpha value is -3.11. The summed E-state index contributed by atoms with van der Waals surface area (Å²) in [5, 5.41) is 0. The summed E-state index contributed by atoms with van der Waals surface area (Å²) in [6.07, 6.45) is 0.955. The SMILES string of the molecule is COc1ccc(-c2cccc3c2CN(CCc2nc4ccccc4n2C)C3)cc1. The molecule has 0 atom stereocenters. The van der Waals surface area contributed by atoms with E-state index in [1.165, 1.54) is 27.8 Å². The Morgan fingerprint density at radius 2 is 1.76 bits per heavy atom. The molecule has 1 aliphatic heterocycles. The van der Waals surface area contributed by atoms with E-state index in [1.54, 1.807) is 7.11 Å². The average molecular weight is 383 g/mol. The number of aromatic nitrogens is 2. The standard InChI is InChI=1S/C25H25N3O/c1-27-24-9-4-3-8-23(24)26-25(27)14-15-28-16-19-6-5-7-21(22(19)17-28)18-10-12-20(29-2)13-11-18/h3-13H,14-17H2,1-2H3. The van der Waals surface area contributed by atoms with Crippen molar-refractivity contribution in [2.45, 2.75) is 19.5 Å². The highest BCUT2D eigenvalue weighted by Gasteiger charge is 2.22. The summed E-state index contributed by atoms with van der Waals surface area (Å²) in [6, 6.07) is 23.4. The van der Waals surface area contributed by atoms with Crippen molar-refractivity contribution >= 4 is 11.0 Å². The lowest BCUT2D eigenvalue weighted by Crippen LogP contribution is -2.20. The maximum atomic E-state index is 5.30. The quantitative estimate of drug-likeness (QED) is 0.496. The van der Waals surface area contributed by atoms with Gasteiger partial charge in [-0.15, -0.1) is 0 Å². The van der Waals surface area contributed by atoms with Crippen molar-refractivity contribution in [3.05, 3.63) is 83.7 Å². The molecule has 1 aromatic heterocycles. The van der Waals surface area contributed by atoms with Crippen LogP contribution in [0.1, 0.15) is 17.0 Å². The van der Waals surface area contributed by atoms with Crippen LogP contribution in [0.3, 0.4) is 0 Å². The maximum absolute atomic E-state index is 5.30. The van der Waals surface area contributed by atoms with E-state index >= 15 is 0 Å². The van der Waals surface area contributed by atoms with Gasteiger partial charge in [-0.2, -0.15) is 0 Å². The van der Waals surface area contributed by atoms with Crippen LogP contribution in [0.15, 0.2) is 66.7 Å². The van der Waals surface area contributed by atoms with Gasteiger partial charge in [0.15, 0.2) is 0 Å². The summed E-state index contributed by atoms with van der Waals surface area (Å²) in [5.41, 5.74) is 7.74. The molecule has 5 rings (SSSR count). The van der Waals surface area contributed by atoms with Crippen LogP contribution in [-0.4, -0.2) is 28.1 Å². The predicted molar refractivity (Wildman–Crippen MR) is 117 cm³/mol. The summed E-state index contributed by atoms with van der Waals surface area (Å²) in [5.74, 6) is 2.04. The second kappa shape index (κ2) is 7.37. The number of para-hydroxylation sites is 2. The third-order valence-corrected chi connectivity index (χ3v) is 5.98. The van der Waals surface area contributed by atoms with Gasteiger partial charge >= 0.3 is 0 Å². The van der Waals surface area contributed by atoms with Crippen molar-refractivity contribution in [3.8, 4) is 16.9 Å². The van der Waals surface area contributed by atoms with Crippen LogP contribution in [0.5, 0.6) is 5.75 Å². The molecule has 0 radical (unpaired) electrons. The van der Waals surface area contributed by atoms with Crippen LogP contribution < -0.4 is 4.74 Å². The molecule has 0 saturated carbocycles. The van der Waals surface area contributed by atoms with Crippen molar-refractivity contribution in [2.24, 2.45) is 7.05 Å². The molecule has 3 aromatic carbocycles. The molecule has 29 heavy (non-hydrogen) atoms. The van der Waals surface area contributed by atoms with E-state index in [-0.39, 0.29) is 0 Å². The highest BCUT2D eigenvalue weighted by molar-refractivity contribution is 5.75. The van der Waals surface area contributed by atoms with E-state index in [0.717, 1.165) is 43.1 Å². The van der Waals surface area contributed by atoms with Gasteiger partial charge < -0.3 is 9.30 Å². The van der Waals surface area contributed by atoms with Crippen LogP contribution in [-0.2, 0) is 26.6 Å².